The molecule has 1 heterocycles. The van der Waals surface area contributed by atoms with Crippen LogP contribution in [0.15, 0.2) is 4.90 Å². The molecule has 7 nitrogen and oxygen atoms in total. The molecule has 16 heteroatoms. The van der Waals surface area contributed by atoms with E-state index in [1.807, 2.05) is 0 Å². The van der Waals surface area contributed by atoms with Gasteiger partial charge >= 0.3 is 12.1 Å². The number of carbonyl (C=O) groups excluding carboxylic acids is 2. The molecule has 3 N–H and O–H groups in total. The van der Waals surface area contributed by atoms with Gasteiger partial charge in [-0.2, -0.15) is 13.2 Å². The topological polar surface area (TPSA) is 104 Å². The highest BCUT2D eigenvalue weighted by Crippen LogP contribution is 2.50. The van der Waals surface area contributed by atoms with Gasteiger partial charge in [0.15, 0.2) is 0 Å². The molecular weight excluding hydrogens is 519 g/mol. The van der Waals surface area contributed by atoms with E-state index in [9.17, 15) is 48.7 Å². The van der Waals surface area contributed by atoms with Gasteiger partial charge in [0.2, 0.25) is 15.9 Å². The van der Waals surface area contributed by atoms with Crippen molar-refractivity contribution in [1.82, 2.24) is 10.0 Å². The van der Waals surface area contributed by atoms with Crippen LogP contribution in [0.5, 0.6) is 0 Å². The molecule has 2 amide bonds. The number of hydrogen-bond donors (Lipinski definition) is 3. The number of halogens is 7. The number of amides is 2. The van der Waals surface area contributed by atoms with Gasteiger partial charge < -0.3 is 10.6 Å². The first-order valence-corrected chi connectivity index (χ1v) is 12.4. The number of thiophene rings is 1. The fraction of sp³-hybridized carbons (Fsp3) is 0.667. The molecule has 3 aliphatic rings. The third kappa shape index (κ3) is 5.03. The molecule has 0 saturated heterocycles. The largest absolute Gasteiger partial charge is 0.471 e. The first-order valence-electron chi connectivity index (χ1n) is 10.1. The predicted molar refractivity (Wildman–Crippen MR) is 104 cm³/mol. The average Bonchev–Trinajstić information content (AvgIpc) is 3.13. The molecule has 1 aromatic heterocycles. The molecule has 2 saturated carbocycles. The molecule has 4 rings (SSSR count). The lowest BCUT2D eigenvalue weighted by atomic mass is 9.89. The third-order valence-electron chi connectivity index (χ3n) is 5.87. The van der Waals surface area contributed by atoms with Crippen molar-refractivity contribution in [3.8, 4) is 0 Å². The van der Waals surface area contributed by atoms with Crippen LogP contribution in [0.1, 0.15) is 36.1 Å². The van der Waals surface area contributed by atoms with Gasteiger partial charge in [-0.05, 0) is 24.8 Å². The summed E-state index contributed by atoms with van der Waals surface area (Å²) in [4.78, 5) is 23.3. The number of alkyl halides is 7. The van der Waals surface area contributed by atoms with Crippen molar-refractivity contribution in [3.05, 3.63) is 10.4 Å². The molecule has 34 heavy (non-hydrogen) atoms. The Hall–Kier alpha value is -1.94. The lowest BCUT2D eigenvalue weighted by molar-refractivity contribution is -0.174. The summed E-state index contributed by atoms with van der Waals surface area (Å²) in [5, 5.41) is 3.62. The molecule has 2 atom stereocenters. The molecule has 2 fully saturated rings. The van der Waals surface area contributed by atoms with Crippen molar-refractivity contribution in [3.63, 3.8) is 0 Å². The van der Waals surface area contributed by atoms with E-state index in [2.05, 4.69) is 10.0 Å². The van der Waals surface area contributed by atoms with Crippen LogP contribution in [0, 0.1) is 5.92 Å². The Morgan fingerprint density at radius 3 is 2.18 bits per heavy atom. The minimum absolute atomic E-state index is 0.000153. The van der Waals surface area contributed by atoms with Gasteiger partial charge in [0, 0.05) is 36.2 Å². The number of nitrogens with one attached hydrogen (secondary N) is 3. The van der Waals surface area contributed by atoms with E-state index < -0.39 is 82.0 Å². The van der Waals surface area contributed by atoms with Crippen molar-refractivity contribution in [1.29, 1.82) is 0 Å². The number of hydrogen-bond acceptors (Lipinski definition) is 5. The van der Waals surface area contributed by atoms with E-state index in [1.54, 1.807) is 5.32 Å². The van der Waals surface area contributed by atoms with Crippen LogP contribution in [0.2, 0.25) is 0 Å². The Morgan fingerprint density at radius 2 is 1.65 bits per heavy atom. The molecule has 1 aromatic rings. The molecule has 3 aliphatic carbocycles. The van der Waals surface area contributed by atoms with Crippen LogP contribution in [0.4, 0.5) is 35.7 Å². The van der Waals surface area contributed by atoms with Gasteiger partial charge in [-0.3, -0.25) is 9.59 Å². The van der Waals surface area contributed by atoms with Gasteiger partial charge in [-0.1, -0.05) is 0 Å². The fourth-order valence-electron chi connectivity index (χ4n) is 4.03. The highest BCUT2D eigenvalue weighted by atomic mass is 32.2. The number of sulfonamides is 1. The molecule has 0 radical (unpaired) electrons. The van der Waals surface area contributed by atoms with Crippen molar-refractivity contribution >= 4 is 38.2 Å². The third-order valence-corrected chi connectivity index (χ3v) is 8.83. The summed E-state index contributed by atoms with van der Waals surface area (Å²) in [5.41, 5.74) is 0.000153. The maximum Gasteiger partial charge on any atom is 0.471 e. The zero-order chi connectivity index (χ0) is 25.3. The zero-order valence-corrected chi connectivity index (χ0v) is 18.7. The SMILES string of the molecule is O=C(Nc1sc2c(c1S(=O)(=O)NC1CC(F)(F)C1)C[C@@H](NC(=O)C(F)(F)F)CC2)C1CC1(F)F. The summed E-state index contributed by atoms with van der Waals surface area (Å²) in [6, 6.07) is -2.20. The lowest BCUT2D eigenvalue weighted by Gasteiger charge is -2.35. The fourth-order valence-corrected chi connectivity index (χ4v) is 7.24. The maximum absolute atomic E-state index is 13.3. The lowest BCUT2D eigenvalue weighted by Crippen LogP contribution is -2.50. The van der Waals surface area contributed by atoms with E-state index in [0.29, 0.717) is 4.88 Å². The Bertz CT molecular complexity index is 1130. The van der Waals surface area contributed by atoms with E-state index in [4.69, 9.17) is 0 Å². The summed E-state index contributed by atoms with van der Waals surface area (Å²) in [5.74, 6) is -11.3. The predicted octanol–water partition coefficient (Wildman–Crippen LogP) is 2.95. The van der Waals surface area contributed by atoms with Crippen LogP contribution in [0.25, 0.3) is 0 Å². The number of rotatable bonds is 6. The van der Waals surface area contributed by atoms with Crippen molar-refractivity contribution < 1.29 is 48.7 Å². The summed E-state index contributed by atoms with van der Waals surface area (Å²) < 4.78 is 119. The highest BCUT2D eigenvalue weighted by Gasteiger charge is 2.61. The Kier molecular flexibility index (Phi) is 5.95. The molecule has 1 unspecified atom stereocenters. The smallest absolute Gasteiger partial charge is 0.345 e. The van der Waals surface area contributed by atoms with Gasteiger partial charge in [-0.25, -0.2) is 30.7 Å². The Morgan fingerprint density at radius 1 is 1.03 bits per heavy atom. The summed E-state index contributed by atoms with van der Waals surface area (Å²) in [6.07, 6.45) is -7.67. The average molecular weight is 537 g/mol. The monoisotopic (exact) mass is 537 g/mol. The highest BCUT2D eigenvalue weighted by molar-refractivity contribution is 7.90. The second kappa shape index (κ2) is 8.05. The van der Waals surface area contributed by atoms with E-state index in [-0.39, 0.29) is 29.8 Å². The minimum Gasteiger partial charge on any atom is -0.345 e. The number of carbonyl (C=O) groups is 2. The molecule has 0 spiro atoms. The van der Waals surface area contributed by atoms with E-state index >= 15 is 0 Å². The van der Waals surface area contributed by atoms with Crippen molar-refractivity contribution in [2.75, 3.05) is 5.32 Å². The van der Waals surface area contributed by atoms with Crippen LogP contribution in [0.3, 0.4) is 0 Å². The van der Waals surface area contributed by atoms with Crippen molar-refractivity contribution in [2.45, 2.75) is 73.5 Å². The molecule has 190 valence electrons. The summed E-state index contributed by atoms with van der Waals surface area (Å²) >= 11 is 0.762. The van der Waals surface area contributed by atoms with Gasteiger partial charge in [0.1, 0.15) is 15.8 Å². The van der Waals surface area contributed by atoms with Gasteiger partial charge in [-0.15, -0.1) is 11.3 Å². The van der Waals surface area contributed by atoms with Crippen LogP contribution < -0.4 is 15.4 Å². The van der Waals surface area contributed by atoms with Crippen LogP contribution in [-0.2, 0) is 32.5 Å². The number of fused-ring (bicyclic) bond motifs is 1. The molecule has 0 bridgehead atoms. The standard InChI is InChI=1S/C18H18F7N3O4S2/c19-16(20)4-8(5-16)28-34(31,32)12-9-3-7(26-15(30)18(23,24)25)1-2-11(9)33-14(12)27-13(29)10-6-17(10,21)22/h7-8,10,28H,1-6H2,(H,26,30)(H,27,29)/t7-,10?/m0/s1. The quantitative estimate of drug-likeness (QED) is 0.486. The second-order valence-electron chi connectivity index (χ2n) is 8.66. The van der Waals surface area contributed by atoms with Gasteiger partial charge in [0.05, 0.1) is 0 Å². The van der Waals surface area contributed by atoms with Gasteiger partial charge in [0.25, 0.3) is 11.8 Å². The Labute approximate surface area is 192 Å². The van der Waals surface area contributed by atoms with E-state index in [1.165, 1.54) is 0 Å². The molecule has 0 aromatic carbocycles. The van der Waals surface area contributed by atoms with E-state index in [0.717, 1.165) is 11.3 Å². The molecule has 0 aliphatic heterocycles. The van der Waals surface area contributed by atoms with Crippen LogP contribution >= 0.6 is 11.3 Å². The number of anilines is 1. The first-order chi connectivity index (χ1) is 15.5. The van der Waals surface area contributed by atoms with Crippen LogP contribution in [-0.4, -0.2) is 50.3 Å². The second-order valence-corrected chi connectivity index (χ2v) is 11.4. The summed E-state index contributed by atoms with van der Waals surface area (Å²) in [7, 11) is -4.57. The molecular formula is C18H18F7N3O4S2. The summed E-state index contributed by atoms with van der Waals surface area (Å²) in [6.45, 7) is 0. The number of aryl methyl sites for hydroxylation is 1. The first kappa shape index (κ1) is 25.2. The van der Waals surface area contributed by atoms with Crippen molar-refractivity contribution in [2.24, 2.45) is 5.92 Å². The normalized spacial score (nSPS) is 25.7. The Balaban J connectivity index is 1.62. The maximum atomic E-state index is 13.3. The minimum atomic E-state index is -5.16. The zero-order valence-electron chi connectivity index (χ0n) is 17.1.